The fraction of sp³-hybridized carbons (Fsp3) is 0.250. The quantitative estimate of drug-likeness (QED) is 0.785. The van der Waals surface area contributed by atoms with Crippen LogP contribution in [0.4, 0.5) is 5.82 Å². The summed E-state index contributed by atoms with van der Waals surface area (Å²) in [5, 5.41) is 3.01. The summed E-state index contributed by atoms with van der Waals surface area (Å²) < 4.78 is 0. The molecule has 84 valence electrons. The number of nitrogens with zero attached hydrogens (tertiary/aromatic N) is 3. The number of hydrogen-bond donors (Lipinski definition) is 1. The number of nitrogens with one attached hydrogen (secondary N) is 1. The fourth-order valence-electron chi connectivity index (χ4n) is 1.43. The summed E-state index contributed by atoms with van der Waals surface area (Å²) >= 11 is 0. The molecule has 4 heteroatoms. The Hall–Kier alpha value is -1.97. The first-order valence-corrected chi connectivity index (χ1v) is 5.02. The topological polar surface area (TPSA) is 50.2 Å². The van der Waals surface area contributed by atoms with Crippen molar-refractivity contribution in [1.29, 1.82) is 0 Å². The van der Waals surface area contributed by atoms with E-state index in [9.17, 15) is 0 Å². The van der Waals surface area contributed by atoms with E-state index in [1.165, 1.54) is 6.33 Å². The standard InChI is InChI=1S/C12H16N4/c1-5-9(7-13-3)11-10(6-2)12(14-4)16-8-15-11/h5-8H,2H2,1,3-4H3,(H,14,15,16)/b9-5-,13-7?. The molecule has 0 spiro atoms. The van der Waals surface area contributed by atoms with Crippen molar-refractivity contribution in [2.24, 2.45) is 4.99 Å². The van der Waals surface area contributed by atoms with Crippen LogP contribution < -0.4 is 5.32 Å². The molecule has 0 aromatic carbocycles. The zero-order valence-electron chi connectivity index (χ0n) is 9.86. The first-order valence-electron chi connectivity index (χ1n) is 5.02. The van der Waals surface area contributed by atoms with Crippen LogP contribution in [0.3, 0.4) is 0 Å². The van der Waals surface area contributed by atoms with Gasteiger partial charge in [0.2, 0.25) is 0 Å². The molecule has 0 saturated carbocycles. The summed E-state index contributed by atoms with van der Waals surface area (Å²) in [5.41, 5.74) is 2.68. The molecule has 0 unspecified atom stereocenters. The Morgan fingerprint density at radius 2 is 2.25 bits per heavy atom. The van der Waals surface area contributed by atoms with Crippen molar-refractivity contribution in [3.63, 3.8) is 0 Å². The van der Waals surface area contributed by atoms with Crippen LogP contribution in [0.25, 0.3) is 11.6 Å². The van der Waals surface area contributed by atoms with Crippen LogP contribution in [0.15, 0.2) is 24.0 Å². The van der Waals surface area contributed by atoms with Crippen LogP contribution in [0, 0.1) is 0 Å². The second kappa shape index (κ2) is 5.80. The van der Waals surface area contributed by atoms with Gasteiger partial charge in [0.25, 0.3) is 0 Å². The molecule has 1 N–H and O–H groups in total. The minimum Gasteiger partial charge on any atom is -0.373 e. The highest BCUT2D eigenvalue weighted by Gasteiger charge is 2.09. The van der Waals surface area contributed by atoms with E-state index < -0.39 is 0 Å². The Bertz CT molecular complexity index is 433. The highest BCUT2D eigenvalue weighted by atomic mass is 15.0. The smallest absolute Gasteiger partial charge is 0.137 e. The molecule has 16 heavy (non-hydrogen) atoms. The van der Waals surface area contributed by atoms with E-state index in [0.717, 1.165) is 22.6 Å². The molecule has 0 bridgehead atoms. The zero-order chi connectivity index (χ0) is 12.0. The normalized spacial score (nSPS) is 11.8. The molecule has 1 rings (SSSR count). The lowest BCUT2D eigenvalue weighted by Crippen LogP contribution is -2.02. The van der Waals surface area contributed by atoms with Crippen molar-refractivity contribution in [2.75, 3.05) is 19.4 Å². The molecule has 0 saturated heterocycles. The molecule has 0 aliphatic rings. The molecule has 0 fully saturated rings. The van der Waals surface area contributed by atoms with Gasteiger partial charge in [-0.15, -0.1) is 0 Å². The number of anilines is 1. The molecule has 1 aromatic rings. The van der Waals surface area contributed by atoms with E-state index in [1.807, 2.05) is 20.0 Å². The van der Waals surface area contributed by atoms with Crippen molar-refractivity contribution in [1.82, 2.24) is 9.97 Å². The lowest BCUT2D eigenvalue weighted by Gasteiger charge is -2.09. The van der Waals surface area contributed by atoms with Gasteiger partial charge < -0.3 is 5.32 Å². The van der Waals surface area contributed by atoms with Crippen LogP contribution in [0.2, 0.25) is 0 Å². The van der Waals surface area contributed by atoms with E-state index in [2.05, 4.69) is 26.9 Å². The molecule has 4 nitrogen and oxygen atoms in total. The summed E-state index contributed by atoms with van der Waals surface area (Å²) in [4.78, 5) is 12.4. The number of aromatic nitrogens is 2. The highest BCUT2D eigenvalue weighted by molar-refractivity contribution is 6.10. The molecular weight excluding hydrogens is 200 g/mol. The maximum atomic E-state index is 4.27. The summed E-state index contributed by atoms with van der Waals surface area (Å²) in [6, 6.07) is 0. The van der Waals surface area contributed by atoms with Crippen LogP contribution in [-0.4, -0.2) is 30.3 Å². The van der Waals surface area contributed by atoms with Crippen molar-refractivity contribution in [2.45, 2.75) is 6.92 Å². The Morgan fingerprint density at radius 3 is 2.75 bits per heavy atom. The van der Waals surface area contributed by atoms with Crippen molar-refractivity contribution < 1.29 is 0 Å². The van der Waals surface area contributed by atoms with Crippen molar-refractivity contribution in [3.05, 3.63) is 30.2 Å². The maximum absolute atomic E-state index is 4.27. The second-order valence-electron chi connectivity index (χ2n) is 3.07. The summed E-state index contributed by atoms with van der Waals surface area (Å²) in [6.45, 7) is 5.73. The van der Waals surface area contributed by atoms with Gasteiger partial charge in [-0.2, -0.15) is 0 Å². The van der Waals surface area contributed by atoms with E-state index >= 15 is 0 Å². The van der Waals surface area contributed by atoms with Crippen molar-refractivity contribution >= 4 is 23.7 Å². The fourth-order valence-corrected chi connectivity index (χ4v) is 1.43. The SMILES string of the molecule is C=Cc1c(NC)ncnc1/C(C=NC)=C\C. The van der Waals surface area contributed by atoms with Gasteiger partial charge >= 0.3 is 0 Å². The molecule has 0 radical (unpaired) electrons. The Labute approximate surface area is 95.9 Å². The van der Waals surface area contributed by atoms with Gasteiger partial charge in [-0.25, -0.2) is 9.97 Å². The van der Waals surface area contributed by atoms with Gasteiger partial charge in [-0.3, -0.25) is 4.99 Å². The molecular formula is C12H16N4. The number of aliphatic imine (C=N–C) groups is 1. The second-order valence-corrected chi connectivity index (χ2v) is 3.07. The molecule has 1 heterocycles. The van der Waals surface area contributed by atoms with Gasteiger partial charge in [0.1, 0.15) is 12.1 Å². The van der Waals surface area contributed by atoms with Gasteiger partial charge in [-0.05, 0) is 6.92 Å². The first kappa shape index (κ1) is 12.1. The number of hydrogen-bond acceptors (Lipinski definition) is 4. The van der Waals surface area contributed by atoms with Gasteiger partial charge in [0.05, 0.1) is 5.69 Å². The number of allylic oxidation sites excluding steroid dienone is 2. The minimum absolute atomic E-state index is 0.767. The molecule has 0 aliphatic heterocycles. The lowest BCUT2D eigenvalue weighted by molar-refractivity contribution is 1.13. The average Bonchev–Trinajstić information content (AvgIpc) is 2.34. The van der Waals surface area contributed by atoms with E-state index in [-0.39, 0.29) is 0 Å². The van der Waals surface area contributed by atoms with E-state index in [4.69, 9.17) is 0 Å². The third kappa shape index (κ3) is 2.34. The van der Waals surface area contributed by atoms with Gasteiger partial charge in [0.15, 0.2) is 0 Å². The molecule has 0 atom stereocenters. The minimum atomic E-state index is 0.767. The molecule has 1 aromatic heterocycles. The van der Waals surface area contributed by atoms with Crippen LogP contribution in [-0.2, 0) is 0 Å². The van der Waals surface area contributed by atoms with E-state index in [1.54, 1.807) is 19.3 Å². The average molecular weight is 216 g/mol. The third-order valence-corrected chi connectivity index (χ3v) is 2.18. The van der Waals surface area contributed by atoms with Crippen LogP contribution >= 0.6 is 0 Å². The lowest BCUT2D eigenvalue weighted by atomic mass is 10.1. The van der Waals surface area contributed by atoms with E-state index in [0.29, 0.717) is 0 Å². The Morgan fingerprint density at radius 1 is 1.50 bits per heavy atom. The third-order valence-electron chi connectivity index (χ3n) is 2.18. The predicted molar refractivity (Wildman–Crippen MR) is 69.7 cm³/mol. The van der Waals surface area contributed by atoms with Gasteiger partial charge in [0, 0.05) is 31.4 Å². The molecule has 0 amide bonds. The summed E-state index contributed by atoms with van der Waals surface area (Å²) in [5.74, 6) is 0.767. The largest absolute Gasteiger partial charge is 0.373 e. The van der Waals surface area contributed by atoms with Crippen molar-refractivity contribution in [3.8, 4) is 0 Å². The first-order chi connectivity index (χ1) is 7.78. The Balaban J connectivity index is 3.37. The van der Waals surface area contributed by atoms with Crippen LogP contribution in [0.1, 0.15) is 18.2 Å². The number of rotatable bonds is 4. The summed E-state index contributed by atoms with van der Waals surface area (Å²) in [7, 11) is 3.56. The summed E-state index contributed by atoms with van der Waals surface area (Å²) in [6.07, 6.45) is 7.01. The highest BCUT2D eigenvalue weighted by Crippen LogP contribution is 2.21. The monoisotopic (exact) mass is 216 g/mol. The van der Waals surface area contributed by atoms with Crippen LogP contribution in [0.5, 0.6) is 0 Å². The van der Waals surface area contributed by atoms with Gasteiger partial charge in [-0.1, -0.05) is 18.7 Å². The maximum Gasteiger partial charge on any atom is 0.137 e. The zero-order valence-corrected chi connectivity index (χ0v) is 9.86. The Kier molecular flexibility index (Phi) is 4.39. The molecule has 0 aliphatic carbocycles. The predicted octanol–water partition coefficient (Wildman–Crippen LogP) is 2.27.